The van der Waals surface area contributed by atoms with Gasteiger partial charge < -0.3 is 24.8 Å². The van der Waals surface area contributed by atoms with Crippen molar-refractivity contribution in [2.45, 2.75) is 38.1 Å². The van der Waals surface area contributed by atoms with Crippen LogP contribution in [0.15, 0.2) is 42.7 Å². The molecule has 2 aliphatic rings. The second-order valence-corrected chi connectivity index (χ2v) is 9.89. The monoisotopic (exact) mass is 514 g/mol. The van der Waals surface area contributed by atoms with Gasteiger partial charge in [-0.05, 0) is 17.7 Å². The number of cyclic esters (lactones) is 1. The number of hydrogen-bond acceptors (Lipinski definition) is 8. The number of amides is 2. The standard InChI is InChI=1S/C24H23ClN4O5S/c25-15-3-1-14(2-4-15)9-28-23(31)19-8-20(18(10-26-19)21-11-27-22(12-30)35-21)34-17-5-6-29-16(7-17)13-33-24(29)32/h1-4,8,10-11,16-17,30H,5-7,9,12-13H2,(H,28,31)/t16-,17-/m0/s1. The van der Waals surface area contributed by atoms with Gasteiger partial charge in [-0.15, -0.1) is 11.3 Å². The number of piperidine rings is 1. The molecule has 2 amide bonds. The van der Waals surface area contributed by atoms with Gasteiger partial charge in [0, 0.05) is 49.4 Å². The molecule has 1 aromatic carbocycles. The highest BCUT2D eigenvalue weighted by molar-refractivity contribution is 7.15. The number of ether oxygens (including phenoxy) is 2. The van der Waals surface area contributed by atoms with Crippen molar-refractivity contribution in [1.29, 1.82) is 0 Å². The molecule has 2 aliphatic heterocycles. The number of nitrogens with one attached hydrogen (secondary N) is 1. The first-order valence-electron chi connectivity index (χ1n) is 11.2. The van der Waals surface area contributed by atoms with E-state index in [4.69, 9.17) is 21.1 Å². The average molecular weight is 515 g/mol. The van der Waals surface area contributed by atoms with Crippen molar-refractivity contribution in [3.63, 3.8) is 0 Å². The summed E-state index contributed by atoms with van der Waals surface area (Å²) < 4.78 is 11.5. The number of carbonyl (C=O) groups is 2. The Morgan fingerprint density at radius 3 is 2.89 bits per heavy atom. The van der Waals surface area contributed by atoms with Gasteiger partial charge in [0.2, 0.25) is 0 Å². The quantitative estimate of drug-likeness (QED) is 0.494. The maximum atomic E-state index is 12.9. The van der Waals surface area contributed by atoms with Crippen LogP contribution in [0.25, 0.3) is 10.4 Å². The third-order valence-corrected chi connectivity index (χ3v) is 7.28. The van der Waals surface area contributed by atoms with E-state index in [-0.39, 0.29) is 36.4 Å². The lowest BCUT2D eigenvalue weighted by molar-refractivity contribution is 0.0915. The Kier molecular flexibility index (Phi) is 6.85. The van der Waals surface area contributed by atoms with Gasteiger partial charge in [-0.2, -0.15) is 0 Å². The van der Waals surface area contributed by atoms with Crippen LogP contribution in [0, 0.1) is 0 Å². The molecule has 182 valence electrons. The molecule has 0 bridgehead atoms. The number of rotatable bonds is 7. The average Bonchev–Trinajstić information content (AvgIpc) is 3.50. The molecule has 2 aromatic heterocycles. The number of halogens is 1. The highest BCUT2D eigenvalue weighted by Gasteiger charge is 2.39. The fourth-order valence-electron chi connectivity index (χ4n) is 4.18. The number of fused-ring (bicyclic) bond motifs is 1. The molecule has 4 heterocycles. The molecule has 0 spiro atoms. The molecular weight excluding hydrogens is 492 g/mol. The Morgan fingerprint density at radius 1 is 1.29 bits per heavy atom. The van der Waals surface area contributed by atoms with Crippen molar-refractivity contribution < 1.29 is 24.2 Å². The minimum absolute atomic E-state index is 0.0157. The molecule has 2 N–H and O–H groups in total. The summed E-state index contributed by atoms with van der Waals surface area (Å²) in [5, 5.41) is 13.5. The summed E-state index contributed by atoms with van der Waals surface area (Å²) in [5.74, 6) is 0.176. The minimum atomic E-state index is -0.332. The van der Waals surface area contributed by atoms with Gasteiger partial charge in [0.25, 0.3) is 5.91 Å². The fraction of sp³-hybridized carbons (Fsp3) is 0.333. The van der Waals surface area contributed by atoms with Crippen LogP contribution >= 0.6 is 22.9 Å². The molecule has 5 rings (SSSR count). The van der Waals surface area contributed by atoms with Crippen LogP contribution < -0.4 is 10.1 Å². The van der Waals surface area contributed by atoms with Gasteiger partial charge in [0.05, 0.1) is 23.1 Å². The largest absolute Gasteiger partial charge is 0.489 e. The molecule has 11 heteroatoms. The first kappa shape index (κ1) is 23.5. The van der Waals surface area contributed by atoms with E-state index in [0.717, 1.165) is 10.4 Å². The zero-order chi connectivity index (χ0) is 24.4. The van der Waals surface area contributed by atoms with Gasteiger partial charge in [-0.1, -0.05) is 23.7 Å². The number of thiazole rings is 1. The Labute approximate surface area is 210 Å². The van der Waals surface area contributed by atoms with Crippen LogP contribution in [0.5, 0.6) is 5.75 Å². The number of nitrogens with zero attached hydrogens (tertiary/aromatic N) is 3. The van der Waals surface area contributed by atoms with Crippen LogP contribution in [0.4, 0.5) is 4.79 Å². The number of benzene rings is 1. The Balaban J connectivity index is 1.36. The van der Waals surface area contributed by atoms with E-state index >= 15 is 0 Å². The van der Waals surface area contributed by atoms with Crippen molar-refractivity contribution >= 4 is 34.9 Å². The molecule has 2 atom stereocenters. The van der Waals surface area contributed by atoms with E-state index in [1.165, 1.54) is 11.3 Å². The van der Waals surface area contributed by atoms with Gasteiger partial charge in [-0.3, -0.25) is 9.78 Å². The Bertz CT molecular complexity index is 1230. The van der Waals surface area contributed by atoms with Crippen molar-refractivity contribution in [3.8, 4) is 16.2 Å². The zero-order valence-electron chi connectivity index (χ0n) is 18.6. The minimum Gasteiger partial charge on any atom is -0.489 e. The highest BCUT2D eigenvalue weighted by atomic mass is 35.5. The van der Waals surface area contributed by atoms with E-state index < -0.39 is 0 Å². The van der Waals surface area contributed by atoms with Crippen LogP contribution in [-0.2, 0) is 17.9 Å². The van der Waals surface area contributed by atoms with E-state index in [1.807, 2.05) is 12.1 Å². The van der Waals surface area contributed by atoms with Crippen LogP contribution in [0.2, 0.25) is 5.02 Å². The Hall–Kier alpha value is -3.21. The lowest BCUT2D eigenvalue weighted by Gasteiger charge is -2.32. The summed E-state index contributed by atoms with van der Waals surface area (Å²) >= 11 is 7.26. The van der Waals surface area contributed by atoms with Crippen molar-refractivity contribution in [2.75, 3.05) is 13.2 Å². The molecule has 0 unspecified atom stereocenters. The SMILES string of the molecule is O=C(NCc1ccc(Cl)cc1)c1cc(O[C@H]2CCN3C(=O)OC[C@@H]3C2)c(-c2cnc(CO)s2)cn1. The number of aromatic nitrogens is 2. The molecule has 0 saturated carbocycles. The van der Waals surface area contributed by atoms with E-state index in [0.29, 0.717) is 53.9 Å². The summed E-state index contributed by atoms with van der Waals surface area (Å²) in [5.41, 5.74) is 1.83. The molecular formula is C24H23ClN4O5S. The molecule has 35 heavy (non-hydrogen) atoms. The first-order chi connectivity index (χ1) is 17.0. The van der Waals surface area contributed by atoms with Gasteiger partial charge >= 0.3 is 6.09 Å². The lowest BCUT2D eigenvalue weighted by Crippen LogP contribution is -2.44. The van der Waals surface area contributed by atoms with Crippen molar-refractivity contribution in [3.05, 3.63) is 64.0 Å². The van der Waals surface area contributed by atoms with E-state index in [1.54, 1.807) is 35.5 Å². The summed E-state index contributed by atoms with van der Waals surface area (Å²) in [4.78, 5) is 35.8. The van der Waals surface area contributed by atoms with E-state index in [9.17, 15) is 14.7 Å². The highest BCUT2D eigenvalue weighted by Crippen LogP contribution is 2.36. The maximum absolute atomic E-state index is 12.9. The van der Waals surface area contributed by atoms with Gasteiger partial charge in [0.1, 0.15) is 29.2 Å². The number of aliphatic hydroxyl groups excluding tert-OH is 1. The smallest absolute Gasteiger partial charge is 0.410 e. The predicted molar refractivity (Wildman–Crippen MR) is 129 cm³/mol. The fourth-order valence-corrected chi connectivity index (χ4v) is 5.09. The third kappa shape index (κ3) is 5.24. The number of aliphatic hydroxyl groups is 1. The normalized spacial score (nSPS) is 19.3. The van der Waals surface area contributed by atoms with Crippen LogP contribution in [-0.4, -0.2) is 57.3 Å². The molecule has 3 aromatic rings. The predicted octanol–water partition coefficient (Wildman–Crippen LogP) is 3.64. The maximum Gasteiger partial charge on any atom is 0.410 e. The van der Waals surface area contributed by atoms with Crippen LogP contribution in [0.1, 0.15) is 33.9 Å². The van der Waals surface area contributed by atoms with Crippen molar-refractivity contribution in [2.24, 2.45) is 0 Å². The molecule has 2 fully saturated rings. The Morgan fingerprint density at radius 2 is 2.11 bits per heavy atom. The summed E-state index contributed by atoms with van der Waals surface area (Å²) in [6.45, 7) is 1.08. The lowest BCUT2D eigenvalue weighted by atomic mass is 10.0. The zero-order valence-corrected chi connectivity index (χ0v) is 20.2. The number of pyridine rings is 1. The summed E-state index contributed by atoms with van der Waals surface area (Å²) in [6.07, 6.45) is 4.11. The van der Waals surface area contributed by atoms with Gasteiger partial charge in [0.15, 0.2) is 0 Å². The summed E-state index contributed by atoms with van der Waals surface area (Å²) in [6, 6.07) is 8.85. The van der Waals surface area contributed by atoms with Gasteiger partial charge in [-0.25, -0.2) is 9.78 Å². The number of hydrogen-bond donors (Lipinski definition) is 2. The third-order valence-electron chi connectivity index (χ3n) is 6.01. The van der Waals surface area contributed by atoms with E-state index in [2.05, 4.69) is 15.3 Å². The molecule has 0 radical (unpaired) electrons. The second kappa shape index (κ2) is 10.2. The molecule has 2 saturated heterocycles. The number of carbonyl (C=O) groups excluding carboxylic acids is 2. The van der Waals surface area contributed by atoms with Crippen LogP contribution in [0.3, 0.4) is 0 Å². The first-order valence-corrected chi connectivity index (χ1v) is 12.4. The molecule has 9 nitrogen and oxygen atoms in total. The molecule has 0 aliphatic carbocycles. The second-order valence-electron chi connectivity index (χ2n) is 8.34. The topological polar surface area (TPSA) is 114 Å². The summed E-state index contributed by atoms with van der Waals surface area (Å²) in [7, 11) is 0. The van der Waals surface area contributed by atoms with Crippen molar-refractivity contribution in [1.82, 2.24) is 20.2 Å².